The van der Waals surface area contributed by atoms with E-state index < -0.39 is 5.41 Å². The van der Waals surface area contributed by atoms with Crippen molar-refractivity contribution in [2.24, 2.45) is 5.73 Å². The summed E-state index contributed by atoms with van der Waals surface area (Å²) < 4.78 is 3.75. The van der Waals surface area contributed by atoms with Gasteiger partial charge in [-0.25, -0.2) is 9.97 Å². The van der Waals surface area contributed by atoms with Crippen molar-refractivity contribution in [3.63, 3.8) is 0 Å². The Hall–Kier alpha value is -5.56. The fourth-order valence-electron chi connectivity index (χ4n) is 7.86. The Morgan fingerprint density at radius 3 is 2.14 bits per heavy atom. The second-order valence-corrected chi connectivity index (χ2v) is 16.7. The van der Waals surface area contributed by atoms with Gasteiger partial charge in [-0.1, -0.05) is 81.4 Å². The van der Waals surface area contributed by atoms with Gasteiger partial charge in [-0.15, -0.1) is 0 Å². The molecule has 7 rings (SSSR count). The standard InChI is InChI=1S/C44H46BrN9O2/c1-44(2,3)40-39(45)41(56)54(27-33-14-8-7-13-31(33)23-46)43(50-40)51-19-9-15-32(25-51)30-17-18-34(35(21-30)24-47)26-53-38(55)22-37(29-11-5-4-6-12-29)49-42(53)52-20-10-16-36(48)28-52/h4-8,11-14,17-18,21-22,32,36H,9-10,15-16,19-20,25-28,48H2,1-3H3/t32?,36-/m1/s1. The summed E-state index contributed by atoms with van der Waals surface area (Å²) in [6.07, 6.45) is 3.57. The van der Waals surface area contributed by atoms with Gasteiger partial charge in [0.05, 0.1) is 47.7 Å². The number of halogens is 1. The minimum atomic E-state index is -0.400. The third kappa shape index (κ3) is 8.04. The Morgan fingerprint density at radius 2 is 1.43 bits per heavy atom. The van der Waals surface area contributed by atoms with Crippen LogP contribution in [0.4, 0.5) is 11.9 Å². The number of nitrogens with zero attached hydrogens (tertiary/aromatic N) is 8. The molecule has 56 heavy (non-hydrogen) atoms. The van der Waals surface area contributed by atoms with Gasteiger partial charge in [-0.2, -0.15) is 10.5 Å². The summed E-state index contributed by atoms with van der Waals surface area (Å²) in [6, 6.07) is 29.2. The minimum Gasteiger partial charge on any atom is -0.342 e. The molecule has 1 unspecified atom stereocenters. The molecule has 2 N–H and O–H groups in total. The molecule has 2 aromatic heterocycles. The second kappa shape index (κ2) is 16.3. The lowest BCUT2D eigenvalue weighted by molar-refractivity contribution is 0.486. The van der Waals surface area contributed by atoms with E-state index in [1.165, 1.54) is 0 Å². The van der Waals surface area contributed by atoms with Gasteiger partial charge in [0, 0.05) is 55.2 Å². The molecule has 0 radical (unpaired) electrons. The maximum Gasteiger partial charge on any atom is 0.269 e. The molecule has 0 saturated carbocycles. The highest BCUT2D eigenvalue weighted by Crippen LogP contribution is 2.34. The summed E-state index contributed by atoms with van der Waals surface area (Å²) in [5.41, 5.74) is 11.2. The fourth-order valence-corrected chi connectivity index (χ4v) is 8.76. The number of hydrogen-bond donors (Lipinski definition) is 1. The van der Waals surface area contributed by atoms with E-state index in [4.69, 9.17) is 15.7 Å². The molecule has 2 aliphatic rings. The van der Waals surface area contributed by atoms with Crippen molar-refractivity contribution in [2.45, 2.75) is 76.9 Å². The van der Waals surface area contributed by atoms with Gasteiger partial charge >= 0.3 is 0 Å². The average molecular weight is 813 g/mol. The van der Waals surface area contributed by atoms with Crippen LogP contribution < -0.4 is 26.7 Å². The quantitative estimate of drug-likeness (QED) is 0.181. The molecular weight excluding hydrogens is 766 g/mol. The van der Waals surface area contributed by atoms with Crippen LogP contribution in [0.25, 0.3) is 11.3 Å². The Bertz CT molecular complexity index is 2460. The minimum absolute atomic E-state index is 0.0192. The zero-order valence-electron chi connectivity index (χ0n) is 32.1. The lowest BCUT2D eigenvalue weighted by Crippen LogP contribution is -2.45. The van der Waals surface area contributed by atoms with E-state index in [0.717, 1.165) is 54.5 Å². The van der Waals surface area contributed by atoms with Crippen LogP contribution in [0.3, 0.4) is 0 Å². The molecule has 2 atom stereocenters. The van der Waals surface area contributed by atoms with Crippen LogP contribution in [0, 0.1) is 22.7 Å². The molecule has 4 heterocycles. The molecule has 11 nitrogen and oxygen atoms in total. The van der Waals surface area contributed by atoms with Crippen LogP contribution in [0.5, 0.6) is 0 Å². The second-order valence-electron chi connectivity index (χ2n) is 15.9. The van der Waals surface area contributed by atoms with Gasteiger partial charge in [-0.05, 0) is 70.4 Å². The molecule has 2 aliphatic heterocycles. The number of hydrogen-bond acceptors (Lipinski definition) is 9. The normalized spacial score (nSPS) is 17.3. The van der Waals surface area contributed by atoms with E-state index in [0.29, 0.717) is 58.5 Å². The summed E-state index contributed by atoms with van der Waals surface area (Å²) in [6.45, 7) is 9.13. The van der Waals surface area contributed by atoms with E-state index in [2.05, 4.69) is 43.9 Å². The van der Waals surface area contributed by atoms with E-state index in [1.54, 1.807) is 21.3 Å². The van der Waals surface area contributed by atoms with Crippen molar-refractivity contribution >= 4 is 27.8 Å². The van der Waals surface area contributed by atoms with E-state index >= 15 is 0 Å². The zero-order valence-corrected chi connectivity index (χ0v) is 33.7. The maximum atomic E-state index is 14.1. The molecule has 0 aliphatic carbocycles. The molecule has 2 saturated heterocycles. The molecule has 0 bridgehead atoms. The number of nitriles is 2. The predicted octanol–water partition coefficient (Wildman–Crippen LogP) is 6.68. The zero-order chi connectivity index (χ0) is 39.6. The first-order valence-corrected chi connectivity index (χ1v) is 20.0. The number of rotatable bonds is 8. The van der Waals surface area contributed by atoms with Crippen LogP contribution >= 0.6 is 15.9 Å². The van der Waals surface area contributed by atoms with Crippen LogP contribution in [-0.4, -0.2) is 51.3 Å². The van der Waals surface area contributed by atoms with Crippen molar-refractivity contribution in [1.29, 1.82) is 10.5 Å². The van der Waals surface area contributed by atoms with Crippen LogP contribution in [0.15, 0.2) is 92.9 Å². The number of nitrogens with two attached hydrogens (primary N) is 1. The number of aromatic nitrogens is 4. The van der Waals surface area contributed by atoms with Gasteiger partial charge in [0.15, 0.2) is 0 Å². The first-order chi connectivity index (χ1) is 26.9. The molecule has 5 aromatic rings. The van der Waals surface area contributed by atoms with Crippen molar-refractivity contribution in [3.8, 4) is 23.4 Å². The molecule has 286 valence electrons. The molecular formula is C44H46BrN9O2. The van der Waals surface area contributed by atoms with Crippen LogP contribution in [0.2, 0.25) is 0 Å². The van der Waals surface area contributed by atoms with Crippen molar-refractivity contribution in [3.05, 3.63) is 138 Å². The first-order valence-electron chi connectivity index (χ1n) is 19.2. The summed E-state index contributed by atoms with van der Waals surface area (Å²) in [5, 5.41) is 20.3. The third-order valence-electron chi connectivity index (χ3n) is 10.8. The highest BCUT2D eigenvalue weighted by Gasteiger charge is 2.30. The fraction of sp³-hybridized carbons (Fsp3) is 0.364. The molecule has 0 spiro atoms. The summed E-state index contributed by atoms with van der Waals surface area (Å²) in [7, 11) is 0. The Kier molecular flexibility index (Phi) is 11.2. The molecule has 12 heteroatoms. The Balaban J connectivity index is 1.22. The van der Waals surface area contributed by atoms with Crippen molar-refractivity contribution < 1.29 is 0 Å². The third-order valence-corrected chi connectivity index (χ3v) is 11.5. The summed E-state index contributed by atoms with van der Waals surface area (Å²) in [4.78, 5) is 42.4. The Labute approximate surface area is 335 Å². The predicted molar refractivity (Wildman–Crippen MR) is 223 cm³/mol. The van der Waals surface area contributed by atoms with Gasteiger partial charge in [-0.3, -0.25) is 18.7 Å². The molecule has 2 fully saturated rings. The van der Waals surface area contributed by atoms with Gasteiger partial charge in [0.2, 0.25) is 11.9 Å². The van der Waals surface area contributed by atoms with Crippen molar-refractivity contribution in [1.82, 2.24) is 19.1 Å². The Morgan fingerprint density at radius 1 is 0.786 bits per heavy atom. The summed E-state index contributed by atoms with van der Waals surface area (Å²) in [5.74, 6) is 1.18. The van der Waals surface area contributed by atoms with E-state index in [1.807, 2.05) is 81.4 Å². The maximum absolute atomic E-state index is 14.1. The number of piperidine rings is 2. The van der Waals surface area contributed by atoms with Crippen LogP contribution in [-0.2, 0) is 18.5 Å². The lowest BCUT2D eigenvalue weighted by Gasteiger charge is -2.36. The number of anilines is 2. The van der Waals surface area contributed by atoms with E-state index in [9.17, 15) is 20.1 Å². The summed E-state index contributed by atoms with van der Waals surface area (Å²) >= 11 is 3.57. The first kappa shape index (κ1) is 38.7. The number of benzene rings is 3. The molecule has 3 aromatic carbocycles. The monoisotopic (exact) mass is 811 g/mol. The average Bonchev–Trinajstić information content (AvgIpc) is 3.20. The highest BCUT2D eigenvalue weighted by atomic mass is 79.9. The molecule has 0 amide bonds. The van der Waals surface area contributed by atoms with Gasteiger partial charge in [0.25, 0.3) is 11.1 Å². The smallest absolute Gasteiger partial charge is 0.269 e. The largest absolute Gasteiger partial charge is 0.342 e. The SMILES string of the molecule is CC(C)(C)c1nc(N2CCCC(c3ccc(Cn4c(N5CCC[C@@H](N)C5)nc(-c5ccccc5)cc4=O)c(C#N)c3)C2)n(Cc2ccccc2C#N)c(=O)c1Br. The topological polar surface area (TPSA) is 150 Å². The van der Waals surface area contributed by atoms with E-state index in [-0.39, 0.29) is 36.2 Å². The van der Waals surface area contributed by atoms with Crippen LogP contribution in [0.1, 0.15) is 85.9 Å². The lowest BCUT2D eigenvalue weighted by atomic mass is 9.88. The van der Waals surface area contributed by atoms with Crippen molar-refractivity contribution in [2.75, 3.05) is 36.0 Å². The van der Waals surface area contributed by atoms with Gasteiger partial charge < -0.3 is 15.5 Å². The van der Waals surface area contributed by atoms with Gasteiger partial charge in [0.1, 0.15) is 4.47 Å². The highest BCUT2D eigenvalue weighted by molar-refractivity contribution is 9.10.